The molecule has 3 rings (SSSR count). The first-order chi connectivity index (χ1) is 11.9. The van der Waals surface area contributed by atoms with Gasteiger partial charge in [0.15, 0.2) is 6.10 Å². The van der Waals surface area contributed by atoms with Crippen molar-refractivity contribution in [3.63, 3.8) is 0 Å². The van der Waals surface area contributed by atoms with E-state index in [2.05, 4.69) is 16.0 Å². The molecule has 1 aliphatic rings. The number of fused-ring (bicyclic) bond motifs is 1. The van der Waals surface area contributed by atoms with Crippen LogP contribution in [0.15, 0.2) is 30.3 Å². The van der Waals surface area contributed by atoms with E-state index >= 15 is 0 Å². The highest BCUT2D eigenvalue weighted by Crippen LogP contribution is 2.32. The average molecular weight is 359 g/mol. The first kappa shape index (κ1) is 17.0. The minimum absolute atomic E-state index is 0.146. The number of carbonyl (C=O) groups is 3. The Labute approximate surface area is 148 Å². The second kappa shape index (κ2) is 6.94. The van der Waals surface area contributed by atoms with E-state index in [0.29, 0.717) is 22.0 Å². The first-order valence-corrected chi connectivity index (χ1v) is 8.50. The number of benzene rings is 1. The number of carbonyl (C=O) groups excluding carboxylic acids is 3. The maximum Gasteiger partial charge on any atom is 0.265 e. The smallest absolute Gasteiger partial charge is 0.265 e. The molecule has 8 heteroatoms. The Hall–Kier alpha value is -2.87. The normalized spacial score (nSPS) is 15.6. The molecule has 25 heavy (non-hydrogen) atoms. The summed E-state index contributed by atoms with van der Waals surface area (Å²) in [5.74, 6) is -0.340. The molecule has 0 saturated heterocycles. The summed E-state index contributed by atoms with van der Waals surface area (Å²) in [6, 6.07) is 8.53. The number of hydrogen-bond acceptors (Lipinski definition) is 5. The van der Waals surface area contributed by atoms with E-state index in [1.54, 1.807) is 31.2 Å². The van der Waals surface area contributed by atoms with Crippen LogP contribution in [0.5, 0.6) is 5.75 Å². The number of hydrogen-bond donors (Lipinski definition) is 3. The SMILES string of the molecule is Cc1ccc(C(=O)NCC(=O)Nc2ccc3c(c2)NC(=O)C(C)O3)s1. The molecule has 1 aliphatic heterocycles. The van der Waals surface area contributed by atoms with Gasteiger partial charge in [0.05, 0.1) is 17.1 Å². The van der Waals surface area contributed by atoms with Gasteiger partial charge >= 0.3 is 0 Å². The van der Waals surface area contributed by atoms with Crippen LogP contribution in [-0.2, 0) is 9.59 Å². The maximum atomic E-state index is 12.0. The van der Waals surface area contributed by atoms with E-state index in [4.69, 9.17) is 4.74 Å². The van der Waals surface area contributed by atoms with Gasteiger partial charge in [0, 0.05) is 10.6 Å². The van der Waals surface area contributed by atoms with Gasteiger partial charge in [-0.2, -0.15) is 0 Å². The summed E-state index contributed by atoms with van der Waals surface area (Å²) in [7, 11) is 0. The molecular weight excluding hydrogens is 342 g/mol. The Morgan fingerprint density at radius 1 is 1.28 bits per heavy atom. The fourth-order valence-electron chi connectivity index (χ4n) is 2.30. The molecule has 0 aliphatic carbocycles. The summed E-state index contributed by atoms with van der Waals surface area (Å²) in [5, 5.41) is 7.96. The van der Waals surface area contributed by atoms with Crippen molar-refractivity contribution in [2.45, 2.75) is 20.0 Å². The third-order valence-corrected chi connectivity index (χ3v) is 4.57. The van der Waals surface area contributed by atoms with Crippen LogP contribution in [0, 0.1) is 6.92 Å². The second-order valence-electron chi connectivity index (χ2n) is 5.60. The van der Waals surface area contributed by atoms with Crippen LogP contribution in [0.1, 0.15) is 21.5 Å². The Morgan fingerprint density at radius 2 is 2.08 bits per heavy atom. The lowest BCUT2D eigenvalue weighted by Gasteiger charge is -2.23. The highest BCUT2D eigenvalue weighted by molar-refractivity contribution is 7.13. The summed E-state index contributed by atoms with van der Waals surface area (Å²) in [6.45, 7) is 3.42. The summed E-state index contributed by atoms with van der Waals surface area (Å²) < 4.78 is 5.45. The van der Waals surface area contributed by atoms with Gasteiger partial charge in [0.25, 0.3) is 11.8 Å². The standard InChI is InChI=1S/C17H17N3O4S/c1-9-3-6-14(25-9)17(23)18-8-15(21)19-11-4-5-13-12(7-11)20-16(22)10(2)24-13/h3-7,10H,8H2,1-2H3,(H,18,23)(H,19,21)(H,20,22). The van der Waals surface area contributed by atoms with E-state index in [9.17, 15) is 14.4 Å². The van der Waals surface area contributed by atoms with Gasteiger partial charge in [-0.15, -0.1) is 11.3 Å². The molecule has 3 amide bonds. The number of anilines is 2. The lowest BCUT2D eigenvalue weighted by atomic mass is 10.2. The quantitative estimate of drug-likeness (QED) is 0.779. The van der Waals surface area contributed by atoms with Gasteiger partial charge in [0.1, 0.15) is 5.75 Å². The zero-order valence-corrected chi connectivity index (χ0v) is 14.5. The molecule has 0 fully saturated rings. The topological polar surface area (TPSA) is 96.5 Å². The Balaban J connectivity index is 1.57. The van der Waals surface area contributed by atoms with Crippen molar-refractivity contribution in [1.29, 1.82) is 0 Å². The predicted molar refractivity (Wildman–Crippen MR) is 95.2 cm³/mol. The molecule has 2 heterocycles. The fourth-order valence-corrected chi connectivity index (χ4v) is 3.08. The number of thiophene rings is 1. The number of rotatable bonds is 4. The molecule has 1 unspecified atom stereocenters. The average Bonchev–Trinajstić information content (AvgIpc) is 3.00. The Morgan fingerprint density at radius 3 is 2.80 bits per heavy atom. The van der Waals surface area contributed by atoms with Crippen LogP contribution in [0.2, 0.25) is 0 Å². The van der Waals surface area contributed by atoms with E-state index in [1.165, 1.54) is 11.3 Å². The van der Waals surface area contributed by atoms with Crippen molar-refractivity contribution in [2.75, 3.05) is 17.2 Å². The zero-order valence-electron chi connectivity index (χ0n) is 13.7. The summed E-state index contributed by atoms with van der Waals surface area (Å²) in [4.78, 5) is 37.2. The fraction of sp³-hybridized carbons (Fsp3) is 0.235. The highest BCUT2D eigenvalue weighted by Gasteiger charge is 2.23. The molecule has 1 aromatic heterocycles. The zero-order chi connectivity index (χ0) is 18.0. The molecule has 1 aromatic carbocycles. The van der Waals surface area contributed by atoms with Crippen LogP contribution < -0.4 is 20.7 Å². The Bertz CT molecular complexity index is 846. The largest absolute Gasteiger partial charge is 0.479 e. The monoisotopic (exact) mass is 359 g/mol. The van der Waals surface area contributed by atoms with Crippen molar-refractivity contribution in [1.82, 2.24) is 5.32 Å². The third kappa shape index (κ3) is 3.97. The minimum atomic E-state index is -0.552. The molecule has 0 bridgehead atoms. The van der Waals surface area contributed by atoms with Gasteiger partial charge in [0.2, 0.25) is 5.91 Å². The second-order valence-corrected chi connectivity index (χ2v) is 6.89. The van der Waals surface area contributed by atoms with Crippen LogP contribution in [0.3, 0.4) is 0 Å². The van der Waals surface area contributed by atoms with Gasteiger partial charge in [-0.1, -0.05) is 0 Å². The number of nitrogens with one attached hydrogen (secondary N) is 3. The van der Waals surface area contributed by atoms with E-state index in [1.807, 2.05) is 13.0 Å². The van der Waals surface area contributed by atoms with E-state index in [-0.39, 0.29) is 24.3 Å². The lowest BCUT2D eigenvalue weighted by molar-refractivity contribution is -0.122. The molecule has 130 valence electrons. The molecule has 3 N–H and O–H groups in total. The summed E-state index contributed by atoms with van der Waals surface area (Å²) >= 11 is 1.37. The highest BCUT2D eigenvalue weighted by atomic mass is 32.1. The van der Waals surface area contributed by atoms with Crippen molar-refractivity contribution in [2.24, 2.45) is 0 Å². The third-order valence-electron chi connectivity index (χ3n) is 3.57. The van der Waals surface area contributed by atoms with E-state index < -0.39 is 6.10 Å². The summed E-state index contributed by atoms with van der Waals surface area (Å²) in [5.41, 5.74) is 1.00. The van der Waals surface area contributed by atoms with Crippen molar-refractivity contribution < 1.29 is 19.1 Å². The van der Waals surface area contributed by atoms with Gasteiger partial charge in [-0.05, 0) is 44.2 Å². The molecular formula is C17H17N3O4S. The molecule has 0 saturated carbocycles. The van der Waals surface area contributed by atoms with Crippen LogP contribution >= 0.6 is 11.3 Å². The predicted octanol–water partition coefficient (Wildman–Crippen LogP) is 2.14. The van der Waals surface area contributed by atoms with Gasteiger partial charge in [-0.3, -0.25) is 14.4 Å². The van der Waals surface area contributed by atoms with Gasteiger partial charge < -0.3 is 20.7 Å². The lowest BCUT2D eigenvalue weighted by Crippen LogP contribution is -2.34. The number of ether oxygens (including phenoxy) is 1. The van der Waals surface area contributed by atoms with Crippen LogP contribution in [-0.4, -0.2) is 30.4 Å². The number of aryl methyl sites for hydroxylation is 1. The first-order valence-electron chi connectivity index (χ1n) is 7.68. The van der Waals surface area contributed by atoms with Crippen LogP contribution in [0.4, 0.5) is 11.4 Å². The minimum Gasteiger partial charge on any atom is -0.479 e. The maximum absolute atomic E-state index is 12.0. The summed E-state index contributed by atoms with van der Waals surface area (Å²) in [6.07, 6.45) is -0.552. The van der Waals surface area contributed by atoms with Crippen molar-refractivity contribution >= 4 is 40.4 Å². The van der Waals surface area contributed by atoms with Crippen molar-refractivity contribution in [3.05, 3.63) is 40.1 Å². The van der Waals surface area contributed by atoms with Crippen LogP contribution in [0.25, 0.3) is 0 Å². The Kier molecular flexibility index (Phi) is 4.71. The molecule has 1 atom stereocenters. The molecule has 7 nitrogen and oxygen atoms in total. The molecule has 0 radical (unpaired) electrons. The van der Waals surface area contributed by atoms with Crippen molar-refractivity contribution in [3.8, 4) is 5.75 Å². The number of amides is 3. The molecule has 0 spiro atoms. The molecule has 2 aromatic rings. The van der Waals surface area contributed by atoms with E-state index in [0.717, 1.165) is 4.88 Å². The van der Waals surface area contributed by atoms with Gasteiger partial charge in [-0.25, -0.2) is 0 Å².